The number of hydrogen-bond donors (Lipinski definition) is 1. The minimum atomic E-state index is -3.86. The van der Waals surface area contributed by atoms with E-state index in [1.54, 1.807) is 17.8 Å². The van der Waals surface area contributed by atoms with Crippen molar-refractivity contribution < 1.29 is 17.2 Å². The van der Waals surface area contributed by atoms with E-state index >= 15 is 0 Å². The Morgan fingerprint density at radius 1 is 1.09 bits per heavy atom. The molecule has 0 fully saturated rings. The van der Waals surface area contributed by atoms with Crippen LogP contribution in [0.25, 0.3) is 0 Å². The van der Waals surface area contributed by atoms with Crippen LogP contribution in [0.15, 0.2) is 52.3 Å². The quantitative estimate of drug-likeness (QED) is 0.930. The van der Waals surface area contributed by atoms with Gasteiger partial charge >= 0.3 is 0 Å². The van der Waals surface area contributed by atoms with E-state index in [0.717, 1.165) is 16.7 Å². The first kappa shape index (κ1) is 15.5. The summed E-state index contributed by atoms with van der Waals surface area (Å²) in [5, 5.41) is 0. The molecule has 2 aromatic rings. The number of sulfonamides is 1. The lowest BCUT2D eigenvalue weighted by molar-refractivity contribution is 0.540. The van der Waals surface area contributed by atoms with E-state index in [1.807, 2.05) is 0 Å². The highest BCUT2D eigenvalue weighted by Crippen LogP contribution is 2.37. The Hall–Kier alpha value is -1.44. The molecule has 1 N–H and O–H groups in total. The number of halogens is 2. The number of rotatable bonds is 3. The van der Waals surface area contributed by atoms with Crippen LogP contribution in [-0.4, -0.2) is 14.2 Å². The van der Waals surface area contributed by atoms with Crippen molar-refractivity contribution in [2.45, 2.75) is 22.3 Å². The van der Waals surface area contributed by atoms with Gasteiger partial charge in [-0.2, -0.15) is 0 Å². The van der Waals surface area contributed by atoms with Gasteiger partial charge in [-0.3, -0.25) is 0 Å². The lowest BCUT2D eigenvalue weighted by atomic mass is 10.0. The van der Waals surface area contributed by atoms with Crippen LogP contribution in [0.3, 0.4) is 0 Å². The molecule has 0 spiro atoms. The average Bonchev–Trinajstić information content (AvgIpc) is 2.48. The van der Waals surface area contributed by atoms with Crippen LogP contribution in [0, 0.1) is 11.6 Å². The van der Waals surface area contributed by atoms with Gasteiger partial charge in [0.2, 0.25) is 10.0 Å². The second-order valence-electron chi connectivity index (χ2n) is 4.95. The van der Waals surface area contributed by atoms with Gasteiger partial charge in [0.1, 0.15) is 11.6 Å². The smallest absolute Gasteiger partial charge is 0.207 e. The summed E-state index contributed by atoms with van der Waals surface area (Å²) in [4.78, 5) is 0.725. The number of benzene rings is 2. The molecule has 0 radical (unpaired) electrons. The number of fused-ring (bicyclic) bond motifs is 1. The molecule has 1 aliphatic heterocycles. The predicted octanol–water partition coefficient (Wildman–Crippen LogP) is 3.48. The van der Waals surface area contributed by atoms with E-state index in [-0.39, 0.29) is 4.90 Å². The molecule has 0 bridgehead atoms. The third kappa shape index (κ3) is 3.16. The Bertz CT molecular complexity index is 809. The Morgan fingerprint density at radius 2 is 1.86 bits per heavy atom. The van der Waals surface area contributed by atoms with Crippen molar-refractivity contribution in [3.05, 3.63) is 59.7 Å². The van der Waals surface area contributed by atoms with Gasteiger partial charge < -0.3 is 0 Å². The van der Waals surface area contributed by atoms with Crippen LogP contribution >= 0.6 is 11.8 Å². The zero-order chi connectivity index (χ0) is 15.7. The van der Waals surface area contributed by atoms with Crippen LogP contribution in [0.1, 0.15) is 18.0 Å². The molecule has 3 rings (SSSR count). The zero-order valence-electron chi connectivity index (χ0n) is 11.4. The van der Waals surface area contributed by atoms with Crippen molar-refractivity contribution >= 4 is 21.8 Å². The van der Waals surface area contributed by atoms with E-state index in [9.17, 15) is 17.2 Å². The summed E-state index contributed by atoms with van der Waals surface area (Å²) in [6.07, 6.45) is 0.551. The molecular formula is C15H13F2NO2S2. The van der Waals surface area contributed by atoms with Crippen molar-refractivity contribution in [2.24, 2.45) is 0 Å². The SMILES string of the molecule is O=S(=O)(NC1CCSc2ccc(F)cc21)c1cccc(F)c1. The zero-order valence-corrected chi connectivity index (χ0v) is 13.1. The van der Waals surface area contributed by atoms with Crippen molar-refractivity contribution in [1.29, 1.82) is 0 Å². The van der Waals surface area contributed by atoms with Gasteiger partial charge in [-0.05, 0) is 54.1 Å². The van der Waals surface area contributed by atoms with Crippen LogP contribution in [0.4, 0.5) is 8.78 Å². The van der Waals surface area contributed by atoms with Gasteiger partial charge in [0.25, 0.3) is 0 Å². The predicted molar refractivity (Wildman–Crippen MR) is 81.2 cm³/mol. The molecule has 0 saturated carbocycles. The van der Waals surface area contributed by atoms with E-state index in [1.165, 1.54) is 30.3 Å². The third-order valence-electron chi connectivity index (χ3n) is 3.42. The molecule has 0 aromatic heterocycles. The average molecular weight is 341 g/mol. The molecule has 3 nitrogen and oxygen atoms in total. The Kier molecular flexibility index (Phi) is 4.20. The first-order chi connectivity index (χ1) is 10.5. The maximum absolute atomic E-state index is 13.4. The summed E-state index contributed by atoms with van der Waals surface area (Å²) in [6, 6.07) is 8.66. The van der Waals surface area contributed by atoms with Gasteiger partial charge in [0, 0.05) is 10.9 Å². The molecule has 2 aromatic carbocycles. The van der Waals surface area contributed by atoms with E-state index in [2.05, 4.69) is 4.72 Å². The first-order valence-corrected chi connectivity index (χ1v) is 9.13. The van der Waals surface area contributed by atoms with E-state index in [4.69, 9.17) is 0 Å². The monoisotopic (exact) mass is 341 g/mol. The largest absolute Gasteiger partial charge is 0.241 e. The fourth-order valence-corrected chi connectivity index (χ4v) is 4.76. The van der Waals surface area contributed by atoms with E-state index < -0.39 is 27.7 Å². The Morgan fingerprint density at radius 3 is 2.64 bits per heavy atom. The first-order valence-electron chi connectivity index (χ1n) is 6.66. The fourth-order valence-electron chi connectivity index (χ4n) is 2.38. The number of nitrogens with one attached hydrogen (secondary N) is 1. The summed E-state index contributed by atoms with van der Waals surface area (Å²) >= 11 is 1.56. The molecule has 1 atom stereocenters. The van der Waals surface area contributed by atoms with Crippen molar-refractivity contribution in [3.8, 4) is 0 Å². The highest BCUT2D eigenvalue weighted by atomic mass is 32.2. The van der Waals surface area contributed by atoms with E-state index in [0.29, 0.717) is 12.0 Å². The molecular weight excluding hydrogens is 328 g/mol. The van der Waals surface area contributed by atoms with Crippen molar-refractivity contribution in [1.82, 2.24) is 4.72 Å². The molecule has 0 aliphatic carbocycles. The molecule has 1 aliphatic rings. The van der Waals surface area contributed by atoms with Gasteiger partial charge in [-0.25, -0.2) is 21.9 Å². The minimum Gasteiger partial charge on any atom is -0.207 e. The maximum Gasteiger partial charge on any atom is 0.241 e. The van der Waals surface area contributed by atoms with Crippen LogP contribution < -0.4 is 4.72 Å². The third-order valence-corrected chi connectivity index (χ3v) is 6.01. The molecule has 0 amide bonds. The summed E-state index contributed by atoms with van der Waals surface area (Å²) in [5.41, 5.74) is 0.622. The summed E-state index contributed by atoms with van der Waals surface area (Å²) in [7, 11) is -3.86. The Balaban J connectivity index is 1.93. The topological polar surface area (TPSA) is 46.2 Å². The highest BCUT2D eigenvalue weighted by molar-refractivity contribution is 7.99. The van der Waals surface area contributed by atoms with Gasteiger partial charge in [0.05, 0.1) is 4.90 Å². The van der Waals surface area contributed by atoms with Crippen LogP contribution in [0.2, 0.25) is 0 Å². The standard InChI is InChI=1S/C15H13F2NO2S2/c16-10-2-1-3-12(8-10)22(19,20)18-14-6-7-21-15-5-4-11(17)9-13(14)15/h1-5,8-9,14,18H,6-7H2. The minimum absolute atomic E-state index is 0.135. The molecule has 1 unspecified atom stereocenters. The van der Waals surface area contributed by atoms with Crippen molar-refractivity contribution in [3.63, 3.8) is 0 Å². The van der Waals surface area contributed by atoms with Gasteiger partial charge in [-0.15, -0.1) is 11.8 Å². The number of thioether (sulfide) groups is 1. The van der Waals surface area contributed by atoms with Crippen LogP contribution in [0.5, 0.6) is 0 Å². The lowest BCUT2D eigenvalue weighted by Gasteiger charge is -2.25. The molecule has 116 valence electrons. The lowest BCUT2D eigenvalue weighted by Crippen LogP contribution is -2.30. The van der Waals surface area contributed by atoms with Gasteiger partial charge in [0.15, 0.2) is 0 Å². The fraction of sp³-hybridized carbons (Fsp3) is 0.200. The van der Waals surface area contributed by atoms with Crippen LogP contribution in [-0.2, 0) is 10.0 Å². The Labute approximate surface area is 131 Å². The maximum atomic E-state index is 13.4. The molecule has 7 heteroatoms. The van der Waals surface area contributed by atoms with Crippen molar-refractivity contribution in [2.75, 3.05) is 5.75 Å². The molecule has 22 heavy (non-hydrogen) atoms. The normalized spacial score (nSPS) is 18.0. The summed E-state index contributed by atoms with van der Waals surface area (Å²) < 4.78 is 53.9. The summed E-state index contributed by atoms with van der Waals surface area (Å²) in [6.45, 7) is 0. The highest BCUT2D eigenvalue weighted by Gasteiger charge is 2.26. The molecule has 1 heterocycles. The summed E-state index contributed by atoms with van der Waals surface area (Å²) in [5.74, 6) is -0.292. The number of hydrogen-bond acceptors (Lipinski definition) is 3. The van der Waals surface area contributed by atoms with Gasteiger partial charge in [-0.1, -0.05) is 6.07 Å². The second kappa shape index (κ2) is 5.98. The second-order valence-corrected chi connectivity index (χ2v) is 7.80. The molecule has 0 saturated heterocycles.